The van der Waals surface area contributed by atoms with Crippen LogP contribution < -0.4 is 15.4 Å². The molecule has 0 bridgehead atoms. The molecule has 168 valence electrons. The van der Waals surface area contributed by atoms with Crippen molar-refractivity contribution in [3.05, 3.63) is 0 Å². The van der Waals surface area contributed by atoms with E-state index in [0.717, 1.165) is 6.26 Å². The van der Waals surface area contributed by atoms with Crippen molar-refractivity contribution in [1.29, 1.82) is 0 Å². The van der Waals surface area contributed by atoms with Gasteiger partial charge in [0.2, 0.25) is 10.0 Å². The Balaban J connectivity index is 0.00000729. The molecule has 0 unspecified atom stereocenters. The third-order valence-corrected chi connectivity index (χ3v) is 6.10. The van der Waals surface area contributed by atoms with E-state index in [1.807, 2.05) is 6.92 Å². The number of aliphatic imine (C=N–C) groups is 1. The molecule has 0 radical (unpaired) electrons. The molecule has 1 fully saturated rings. The Hall–Kier alpha value is -0.390. The summed E-state index contributed by atoms with van der Waals surface area (Å²) in [5, 5.41) is 6.06. The van der Waals surface area contributed by atoms with Crippen molar-refractivity contribution in [1.82, 2.24) is 19.7 Å². The average Bonchev–Trinajstić information content (AvgIpc) is 2.53. The summed E-state index contributed by atoms with van der Waals surface area (Å²) < 4.78 is 85.3. The van der Waals surface area contributed by atoms with E-state index in [9.17, 15) is 30.0 Å². The zero-order valence-corrected chi connectivity index (χ0v) is 19.6. The highest BCUT2D eigenvalue weighted by Crippen LogP contribution is 2.28. The summed E-state index contributed by atoms with van der Waals surface area (Å²) in [6, 6.07) is -0.211. The molecule has 0 amide bonds. The SMILES string of the molecule is CCNC(=NCCCNS(C)(=O)=O)NC1CCN(S(=O)(=O)C(F)(F)F)CC1.I. The molecule has 0 spiro atoms. The van der Waals surface area contributed by atoms with Crippen LogP contribution >= 0.6 is 24.0 Å². The minimum atomic E-state index is -5.29. The number of hydrogen-bond donors (Lipinski definition) is 3. The maximum absolute atomic E-state index is 12.6. The number of hydrogen-bond acceptors (Lipinski definition) is 5. The number of sulfonamides is 2. The number of alkyl halides is 3. The van der Waals surface area contributed by atoms with Gasteiger partial charge in [0.05, 0.1) is 6.26 Å². The Bertz CT molecular complexity index is 708. The van der Waals surface area contributed by atoms with Gasteiger partial charge in [0, 0.05) is 38.8 Å². The van der Waals surface area contributed by atoms with Crippen LogP contribution in [0, 0.1) is 0 Å². The minimum Gasteiger partial charge on any atom is -0.357 e. The predicted octanol–water partition coefficient (Wildman–Crippen LogP) is 0.413. The van der Waals surface area contributed by atoms with Gasteiger partial charge in [0.15, 0.2) is 5.96 Å². The van der Waals surface area contributed by atoms with E-state index in [0.29, 0.717) is 29.8 Å². The summed E-state index contributed by atoms with van der Waals surface area (Å²) in [5.41, 5.74) is -5.29. The lowest BCUT2D eigenvalue weighted by atomic mass is 10.1. The van der Waals surface area contributed by atoms with Crippen LogP contribution in [-0.4, -0.2) is 77.6 Å². The maximum atomic E-state index is 12.6. The molecule has 0 aliphatic carbocycles. The summed E-state index contributed by atoms with van der Waals surface area (Å²) >= 11 is 0. The van der Waals surface area contributed by atoms with Gasteiger partial charge in [-0.3, -0.25) is 4.99 Å². The Labute approximate surface area is 181 Å². The molecule has 9 nitrogen and oxygen atoms in total. The summed E-state index contributed by atoms with van der Waals surface area (Å²) in [5.74, 6) is 0.453. The largest absolute Gasteiger partial charge is 0.511 e. The zero-order valence-electron chi connectivity index (χ0n) is 15.6. The second-order valence-electron chi connectivity index (χ2n) is 6.05. The number of piperidine rings is 1. The van der Waals surface area contributed by atoms with E-state index in [-0.39, 0.29) is 62.5 Å². The number of rotatable bonds is 8. The van der Waals surface area contributed by atoms with Crippen molar-refractivity contribution >= 4 is 50.0 Å². The van der Waals surface area contributed by atoms with Gasteiger partial charge in [0.1, 0.15) is 0 Å². The highest BCUT2D eigenvalue weighted by atomic mass is 127. The molecule has 0 saturated carbocycles. The molecule has 1 aliphatic heterocycles. The van der Waals surface area contributed by atoms with Gasteiger partial charge in [-0.05, 0) is 26.2 Å². The van der Waals surface area contributed by atoms with Crippen molar-refractivity contribution in [3.8, 4) is 0 Å². The molecule has 0 atom stereocenters. The van der Waals surface area contributed by atoms with E-state index in [4.69, 9.17) is 0 Å². The predicted molar refractivity (Wildman–Crippen MR) is 112 cm³/mol. The minimum absolute atomic E-state index is 0. The third-order valence-electron chi connectivity index (χ3n) is 3.74. The van der Waals surface area contributed by atoms with Crippen molar-refractivity contribution in [2.75, 3.05) is 39.0 Å². The number of halogens is 4. The highest BCUT2D eigenvalue weighted by molar-refractivity contribution is 14.0. The van der Waals surface area contributed by atoms with E-state index < -0.39 is 25.6 Å². The quantitative estimate of drug-likeness (QED) is 0.170. The Morgan fingerprint density at radius 3 is 2.21 bits per heavy atom. The van der Waals surface area contributed by atoms with Crippen LogP contribution in [0.5, 0.6) is 0 Å². The fourth-order valence-electron chi connectivity index (χ4n) is 2.43. The normalized spacial score (nSPS) is 17.8. The van der Waals surface area contributed by atoms with Crippen LogP contribution in [0.25, 0.3) is 0 Å². The first kappa shape index (κ1) is 27.6. The molecule has 3 N–H and O–H groups in total. The fraction of sp³-hybridized carbons (Fsp3) is 0.923. The Morgan fingerprint density at radius 2 is 1.75 bits per heavy atom. The fourth-order valence-corrected chi connectivity index (χ4v) is 3.93. The summed E-state index contributed by atoms with van der Waals surface area (Å²) in [4.78, 5) is 4.28. The second-order valence-corrected chi connectivity index (χ2v) is 9.81. The van der Waals surface area contributed by atoms with Gasteiger partial charge in [-0.15, -0.1) is 24.0 Å². The third kappa shape index (κ3) is 9.41. The first-order valence-corrected chi connectivity index (χ1v) is 11.8. The van der Waals surface area contributed by atoms with Gasteiger partial charge in [-0.25, -0.2) is 21.6 Å². The van der Waals surface area contributed by atoms with Gasteiger partial charge in [-0.2, -0.15) is 17.5 Å². The van der Waals surface area contributed by atoms with Crippen molar-refractivity contribution in [2.24, 2.45) is 4.99 Å². The molecular formula is C13H27F3IN5O4S2. The second kappa shape index (κ2) is 11.7. The lowest BCUT2D eigenvalue weighted by Gasteiger charge is -2.32. The molecule has 1 heterocycles. The highest BCUT2D eigenvalue weighted by Gasteiger charge is 2.50. The van der Waals surface area contributed by atoms with E-state index in [1.54, 1.807) is 0 Å². The van der Waals surface area contributed by atoms with Crippen LogP contribution in [0.1, 0.15) is 26.2 Å². The first-order chi connectivity index (χ1) is 12.4. The van der Waals surface area contributed by atoms with Crippen molar-refractivity contribution < 1.29 is 30.0 Å². The van der Waals surface area contributed by atoms with Crippen LogP contribution in [-0.2, 0) is 20.0 Å². The molecule has 1 rings (SSSR count). The molecule has 1 saturated heterocycles. The molecular weight excluding hydrogens is 538 g/mol. The van der Waals surface area contributed by atoms with E-state index >= 15 is 0 Å². The van der Waals surface area contributed by atoms with E-state index in [2.05, 4.69) is 20.3 Å². The van der Waals surface area contributed by atoms with Crippen LogP contribution in [0.2, 0.25) is 0 Å². The van der Waals surface area contributed by atoms with Crippen LogP contribution in [0.3, 0.4) is 0 Å². The molecule has 15 heteroatoms. The molecule has 1 aliphatic rings. The first-order valence-electron chi connectivity index (χ1n) is 8.42. The molecule has 0 aromatic rings. The van der Waals surface area contributed by atoms with Crippen molar-refractivity contribution in [3.63, 3.8) is 0 Å². The summed E-state index contributed by atoms with van der Waals surface area (Å²) in [6.07, 6.45) is 1.98. The zero-order chi connectivity index (χ0) is 20.7. The topological polar surface area (TPSA) is 120 Å². The van der Waals surface area contributed by atoms with Gasteiger partial charge < -0.3 is 10.6 Å². The number of nitrogens with one attached hydrogen (secondary N) is 3. The summed E-state index contributed by atoms with van der Waals surface area (Å²) in [6.45, 7) is 2.55. The standard InChI is InChI=1S/C13H26F3N5O4S2.HI/c1-3-17-12(18-7-4-8-19-26(2,22)23)20-11-5-9-21(10-6-11)27(24,25)13(14,15)16;/h11,19H,3-10H2,1-2H3,(H2,17,18,20);1H. The summed E-state index contributed by atoms with van der Waals surface area (Å²) in [7, 11) is -8.54. The number of nitrogens with zero attached hydrogens (tertiary/aromatic N) is 2. The maximum Gasteiger partial charge on any atom is 0.511 e. The van der Waals surface area contributed by atoms with Gasteiger partial charge >= 0.3 is 15.5 Å². The van der Waals surface area contributed by atoms with Gasteiger partial charge in [0.25, 0.3) is 0 Å². The average molecular weight is 565 g/mol. The molecule has 0 aromatic carbocycles. The lowest BCUT2D eigenvalue weighted by Crippen LogP contribution is -2.51. The monoisotopic (exact) mass is 565 g/mol. The van der Waals surface area contributed by atoms with E-state index in [1.165, 1.54) is 0 Å². The smallest absolute Gasteiger partial charge is 0.357 e. The van der Waals surface area contributed by atoms with Crippen LogP contribution in [0.15, 0.2) is 4.99 Å². The van der Waals surface area contributed by atoms with Gasteiger partial charge in [-0.1, -0.05) is 0 Å². The molecule has 28 heavy (non-hydrogen) atoms. The Kier molecular flexibility index (Phi) is 11.5. The van der Waals surface area contributed by atoms with Crippen molar-refractivity contribution in [2.45, 2.75) is 37.7 Å². The van der Waals surface area contributed by atoms with Crippen LogP contribution in [0.4, 0.5) is 13.2 Å². The number of guanidine groups is 1. The molecule has 0 aromatic heterocycles. The lowest BCUT2D eigenvalue weighted by molar-refractivity contribution is -0.0494. The Morgan fingerprint density at radius 1 is 1.18 bits per heavy atom.